The SMILES string of the molecule is COc1ccc(C(=O)O[C@H](C)C(=O)N[C@H](C)CCc2ccccc2)cc1[N+](=O)[O-]. The first-order valence-corrected chi connectivity index (χ1v) is 9.19. The van der Waals surface area contributed by atoms with Crippen molar-refractivity contribution >= 4 is 17.6 Å². The van der Waals surface area contributed by atoms with Crippen LogP contribution in [-0.4, -0.2) is 36.1 Å². The summed E-state index contributed by atoms with van der Waals surface area (Å²) < 4.78 is 10.1. The van der Waals surface area contributed by atoms with Crippen LogP contribution in [0, 0.1) is 10.1 Å². The van der Waals surface area contributed by atoms with Gasteiger partial charge in [-0.25, -0.2) is 4.79 Å². The van der Waals surface area contributed by atoms with Crippen molar-refractivity contribution in [2.24, 2.45) is 0 Å². The molecule has 154 valence electrons. The molecule has 0 radical (unpaired) electrons. The van der Waals surface area contributed by atoms with Gasteiger partial charge in [0, 0.05) is 12.1 Å². The van der Waals surface area contributed by atoms with Gasteiger partial charge in [0.15, 0.2) is 11.9 Å². The molecule has 0 unspecified atom stereocenters. The van der Waals surface area contributed by atoms with Gasteiger partial charge in [0.2, 0.25) is 0 Å². The fraction of sp³-hybridized carbons (Fsp3) is 0.333. The molecule has 0 heterocycles. The summed E-state index contributed by atoms with van der Waals surface area (Å²) in [6.07, 6.45) is 0.510. The number of methoxy groups -OCH3 is 1. The Bertz CT molecular complexity index is 869. The predicted molar refractivity (Wildman–Crippen MR) is 107 cm³/mol. The Morgan fingerprint density at radius 1 is 1.14 bits per heavy atom. The number of hydrogen-bond donors (Lipinski definition) is 1. The van der Waals surface area contributed by atoms with Gasteiger partial charge in [-0.3, -0.25) is 14.9 Å². The zero-order valence-corrected chi connectivity index (χ0v) is 16.6. The number of rotatable bonds is 9. The average Bonchev–Trinajstić information content (AvgIpc) is 2.72. The van der Waals surface area contributed by atoms with Crippen LogP contribution in [0.4, 0.5) is 5.69 Å². The van der Waals surface area contributed by atoms with Crippen molar-refractivity contribution in [3.8, 4) is 5.75 Å². The number of benzene rings is 2. The molecule has 0 spiro atoms. The normalized spacial score (nSPS) is 12.5. The van der Waals surface area contributed by atoms with Crippen LogP contribution in [-0.2, 0) is 16.0 Å². The fourth-order valence-corrected chi connectivity index (χ4v) is 2.70. The van der Waals surface area contributed by atoms with Gasteiger partial charge in [-0.2, -0.15) is 0 Å². The third kappa shape index (κ3) is 6.31. The maximum atomic E-state index is 12.3. The molecule has 1 N–H and O–H groups in total. The Morgan fingerprint density at radius 2 is 1.83 bits per heavy atom. The molecule has 0 fully saturated rings. The second-order valence-electron chi connectivity index (χ2n) is 6.63. The quantitative estimate of drug-likeness (QED) is 0.393. The second kappa shape index (κ2) is 10.2. The Morgan fingerprint density at radius 3 is 2.45 bits per heavy atom. The third-order valence-corrected chi connectivity index (χ3v) is 4.36. The number of hydrogen-bond acceptors (Lipinski definition) is 6. The molecule has 2 aromatic rings. The highest BCUT2D eigenvalue weighted by atomic mass is 16.6. The fourth-order valence-electron chi connectivity index (χ4n) is 2.70. The van der Waals surface area contributed by atoms with Crippen LogP contribution >= 0.6 is 0 Å². The van der Waals surface area contributed by atoms with Gasteiger partial charge >= 0.3 is 11.7 Å². The van der Waals surface area contributed by atoms with Crippen molar-refractivity contribution in [1.82, 2.24) is 5.32 Å². The van der Waals surface area contributed by atoms with Crippen LogP contribution in [0.5, 0.6) is 5.75 Å². The van der Waals surface area contributed by atoms with E-state index in [0.29, 0.717) is 0 Å². The molecule has 2 rings (SSSR count). The van der Waals surface area contributed by atoms with Gasteiger partial charge in [-0.1, -0.05) is 30.3 Å². The van der Waals surface area contributed by atoms with Crippen LogP contribution in [0.25, 0.3) is 0 Å². The molecule has 8 nitrogen and oxygen atoms in total. The number of nitro benzene ring substituents is 1. The highest BCUT2D eigenvalue weighted by molar-refractivity contribution is 5.93. The van der Waals surface area contributed by atoms with Crippen LogP contribution < -0.4 is 10.1 Å². The van der Waals surface area contributed by atoms with E-state index in [4.69, 9.17) is 9.47 Å². The van der Waals surface area contributed by atoms with E-state index in [2.05, 4.69) is 5.32 Å². The van der Waals surface area contributed by atoms with Crippen molar-refractivity contribution < 1.29 is 24.0 Å². The lowest BCUT2D eigenvalue weighted by Gasteiger charge is -2.18. The lowest BCUT2D eigenvalue weighted by atomic mass is 10.1. The maximum absolute atomic E-state index is 12.3. The Hall–Kier alpha value is -3.42. The Labute approximate surface area is 169 Å². The van der Waals surface area contributed by atoms with Crippen LogP contribution in [0.2, 0.25) is 0 Å². The number of esters is 1. The van der Waals surface area contributed by atoms with Crippen molar-refractivity contribution in [2.75, 3.05) is 7.11 Å². The topological polar surface area (TPSA) is 108 Å². The van der Waals surface area contributed by atoms with Crippen molar-refractivity contribution in [3.63, 3.8) is 0 Å². The molecule has 0 aliphatic heterocycles. The van der Waals surface area contributed by atoms with E-state index in [1.807, 2.05) is 37.3 Å². The summed E-state index contributed by atoms with van der Waals surface area (Å²) >= 11 is 0. The molecular formula is C21H24N2O6. The van der Waals surface area contributed by atoms with Crippen molar-refractivity contribution in [2.45, 2.75) is 38.8 Å². The minimum absolute atomic E-state index is 0.0320. The molecule has 1 amide bonds. The van der Waals surface area contributed by atoms with Crippen molar-refractivity contribution in [1.29, 1.82) is 0 Å². The molecule has 0 saturated heterocycles. The first kappa shape index (κ1) is 21.9. The summed E-state index contributed by atoms with van der Waals surface area (Å²) in [6.45, 7) is 3.33. The zero-order valence-electron chi connectivity index (χ0n) is 16.6. The standard InChI is InChI=1S/C21H24N2O6/c1-14(9-10-16-7-5-4-6-8-16)22-20(24)15(2)29-21(25)17-11-12-19(28-3)18(13-17)23(26)27/h4-8,11-15H,9-10H2,1-3H3,(H,22,24)/t14-,15-/m1/s1. The minimum Gasteiger partial charge on any atom is -0.490 e. The predicted octanol–water partition coefficient (Wildman–Crippen LogP) is 3.29. The smallest absolute Gasteiger partial charge is 0.339 e. The molecule has 8 heteroatoms. The van der Waals surface area contributed by atoms with Crippen LogP contribution in [0.15, 0.2) is 48.5 Å². The molecular weight excluding hydrogens is 376 g/mol. The molecule has 0 aliphatic carbocycles. The maximum Gasteiger partial charge on any atom is 0.339 e. The first-order valence-electron chi connectivity index (χ1n) is 9.19. The highest BCUT2D eigenvalue weighted by Gasteiger charge is 2.23. The molecule has 0 aromatic heterocycles. The zero-order chi connectivity index (χ0) is 21.4. The van der Waals surface area contributed by atoms with Gasteiger partial charge in [0.1, 0.15) is 0 Å². The van der Waals surface area contributed by atoms with Gasteiger partial charge in [0.05, 0.1) is 17.6 Å². The summed E-state index contributed by atoms with van der Waals surface area (Å²) in [6, 6.07) is 13.5. The molecule has 29 heavy (non-hydrogen) atoms. The van der Waals surface area contributed by atoms with Crippen LogP contribution in [0.3, 0.4) is 0 Å². The summed E-state index contributed by atoms with van der Waals surface area (Å²) in [4.78, 5) is 35.0. The van der Waals surface area contributed by atoms with Gasteiger partial charge in [0.25, 0.3) is 5.91 Å². The molecule has 2 atom stereocenters. The Balaban J connectivity index is 1.90. The van der Waals surface area contributed by atoms with Gasteiger partial charge < -0.3 is 14.8 Å². The molecule has 2 aromatic carbocycles. The lowest BCUT2D eigenvalue weighted by molar-refractivity contribution is -0.385. The summed E-state index contributed by atoms with van der Waals surface area (Å²) in [5, 5.41) is 13.9. The summed E-state index contributed by atoms with van der Waals surface area (Å²) in [5.74, 6) is -1.22. The minimum atomic E-state index is -1.04. The van der Waals surface area contributed by atoms with E-state index >= 15 is 0 Å². The van der Waals surface area contributed by atoms with E-state index in [-0.39, 0.29) is 23.0 Å². The largest absolute Gasteiger partial charge is 0.490 e. The number of carbonyl (C=O) groups is 2. The van der Waals surface area contributed by atoms with E-state index in [1.165, 1.54) is 31.7 Å². The monoisotopic (exact) mass is 400 g/mol. The molecule has 0 bridgehead atoms. The first-order chi connectivity index (χ1) is 13.8. The Kier molecular flexibility index (Phi) is 7.70. The third-order valence-electron chi connectivity index (χ3n) is 4.36. The lowest BCUT2D eigenvalue weighted by Crippen LogP contribution is -2.41. The average molecular weight is 400 g/mol. The number of nitro groups is 1. The van der Waals surface area contributed by atoms with E-state index in [0.717, 1.165) is 18.9 Å². The van der Waals surface area contributed by atoms with E-state index in [1.54, 1.807) is 0 Å². The molecule has 0 saturated carbocycles. The number of ether oxygens (including phenoxy) is 2. The summed E-state index contributed by atoms with van der Waals surface area (Å²) in [5.41, 5.74) is 0.789. The van der Waals surface area contributed by atoms with E-state index in [9.17, 15) is 19.7 Å². The van der Waals surface area contributed by atoms with Gasteiger partial charge in [-0.05, 0) is 44.4 Å². The number of amides is 1. The van der Waals surface area contributed by atoms with Crippen LogP contribution in [0.1, 0.15) is 36.2 Å². The number of carbonyl (C=O) groups excluding carboxylic acids is 2. The second-order valence-corrected chi connectivity index (χ2v) is 6.63. The van der Waals surface area contributed by atoms with Crippen molar-refractivity contribution in [3.05, 3.63) is 69.8 Å². The van der Waals surface area contributed by atoms with E-state index < -0.39 is 22.9 Å². The molecule has 0 aliphatic rings. The number of nitrogens with zero attached hydrogens (tertiary/aromatic N) is 1. The highest BCUT2D eigenvalue weighted by Crippen LogP contribution is 2.27. The summed E-state index contributed by atoms with van der Waals surface area (Å²) in [7, 11) is 1.30. The number of aryl methyl sites for hydroxylation is 1. The number of nitrogens with one attached hydrogen (secondary N) is 1. The van der Waals surface area contributed by atoms with Gasteiger partial charge in [-0.15, -0.1) is 0 Å².